The summed E-state index contributed by atoms with van der Waals surface area (Å²) in [4.78, 5) is 12.0. The van der Waals surface area contributed by atoms with Crippen LogP contribution in [0.1, 0.15) is 44.0 Å². The fraction of sp³-hybridized carbons (Fsp3) is 0.462. The van der Waals surface area contributed by atoms with Crippen LogP contribution in [0, 0.1) is 0 Å². The van der Waals surface area contributed by atoms with Gasteiger partial charge in [-0.25, -0.2) is 0 Å². The van der Waals surface area contributed by atoms with Crippen molar-refractivity contribution in [3.05, 3.63) is 33.3 Å². The molecule has 1 rings (SSSR count). The van der Waals surface area contributed by atoms with Gasteiger partial charge >= 0.3 is 0 Å². The van der Waals surface area contributed by atoms with E-state index in [2.05, 4.69) is 28.2 Å². The van der Waals surface area contributed by atoms with Crippen LogP contribution in [0.2, 0.25) is 5.02 Å². The van der Waals surface area contributed by atoms with E-state index in [0.717, 1.165) is 17.3 Å². The summed E-state index contributed by atoms with van der Waals surface area (Å²) >= 11 is 9.24. The molecule has 0 bridgehead atoms. The van der Waals surface area contributed by atoms with Gasteiger partial charge in [-0.05, 0) is 38.5 Å². The standard InChI is InChI=1S/C13H17BrClNO/c1-4-5-13(2,3)16-12(17)9-6-10(14)8-11(15)7-9/h6-8H,4-5H2,1-3H3,(H,16,17). The van der Waals surface area contributed by atoms with E-state index in [1.54, 1.807) is 18.2 Å². The monoisotopic (exact) mass is 317 g/mol. The highest BCUT2D eigenvalue weighted by Crippen LogP contribution is 2.20. The molecule has 0 atom stereocenters. The predicted octanol–water partition coefficient (Wildman–Crippen LogP) is 4.41. The fourth-order valence-corrected chi connectivity index (χ4v) is 2.61. The van der Waals surface area contributed by atoms with E-state index in [1.807, 2.05) is 13.8 Å². The third kappa shape index (κ3) is 4.68. The third-order valence-corrected chi connectivity index (χ3v) is 3.13. The van der Waals surface area contributed by atoms with Crippen molar-refractivity contribution < 1.29 is 4.79 Å². The summed E-state index contributed by atoms with van der Waals surface area (Å²) in [6.45, 7) is 6.14. The van der Waals surface area contributed by atoms with E-state index in [1.165, 1.54) is 0 Å². The summed E-state index contributed by atoms with van der Waals surface area (Å²) in [5.74, 6) is -0.0911. The molecule has 94 valence electrons. The van der Waals surface area contributed by atoms with Crippen molar-refractivity contribution in [3.8, 4) is 0 Å². The number of hydrogen-bond donors (Lipinski definition) is 1. The highest BCUT2D eigenvalue weighted by atomic mass is 79.9. The molecule has 17 heavy (non-hydrogen) atoms. The highest BCUT2D eigenvalue weighted by Gasteiger charge is 2.20. The number of carbonyl (C=O) groups excluding carboxylic acids is 1. The molecule has 0 saturated heterocycles. The zero-order valence-corrected chi connectivity index (χ0v) is 12.7. The summed E-state index contributed by atoms with van der Waals surface area (Å²) in [5, 5.41) is 3.56. The molecule has 0 aliphatic rings. The van der Waals surface area contributed by atoms with E-state index in [4.69, 9.17) is 11.6 Å². The van der Waals surface area contributed by atoms with Gasteiger partial charge in [0.05, 0.1) is 0 Å². The Bertz CT molecular complexity index is 398. The third-order valence-electron chi connectivity index (χ3n) is 2.45. The second-order valence-electron chi connectivity index (χ2n) is 4.75. The Morgan fingerprint density at radius 1 is 1.41 bits per heavy atom. The Kier molecular flexibility index (Phi) is 5.02. The number of carbonyl (C=O) groups is 1. The lowest BCUT2D eigenvalue weighted by Crippen LogP contribution is -2.43. The van der Waals surface area contributed by atoms with Gasteiger partial charge in [0, 0.05) is 20.6 Å². The SMILES string of the molecule is CCCC(C)(C)NC(=O)c1cc(Cl)cc(Br)c1. The minimum absolute atomic E-state index is 0.0911. The molecule has 0 saturated carbocycles. The Labute approximate surface area is 116 Å². The van der Waals surface area contributed by atoms with E-state index in [-0.39, 0.29) is 11.4 Å². The van der Waals surface area contributed by atoms with Crippen molar-refractivity contribution in [1.29, 1.82) is 0 Å². The second-order valence-corrected chi connectivity index (χ2v) is 6.10. The molecule has 0 heterocycles. The largest absolute Gasteiger partial charge is 0.347 e. The number of hydrogen-bond acceptors (Lipinski definition) is 1. The minimum Gasteiger partial charge on any atom is -0.347 e. The van der Waals surface area contributed by atoms with E-state index >= 15 is 0 Å². The van der Waals surface area contributed by atoms with Crippen LogP contribution in [0.4, 0.5) is 0 Å². The number of amides is 1. The van der Waals surface area contributed by atoms with Crippen molar-refractivity contribution in [1.82, 2.24) is 5.32 Å². The normalized spacial score (nSPS) is 11.4. The smallest absolute Gasteiger partial charge is 0.251 e. The first kappa shape index (κ1) is 14.5. The van der Waals surface area contributed by atoms with Gasteiger partial charge in [0.1, 0.15) is 0 Å². The molecule has 1 aromatic carbocycles. The lowest BCUT2D eigenvalue weighted by Gasteiger charge is -2.25. The molecule has 1 amide bonds. The number of halogens is 2. The summed E-state index contributed by atoms with van der Waals surface area (Å²) in [5.41, 5.74) is 0.384. The lowest BCUT2D eigenvalue weighted by atomic mass is 9.98. The molecule has 0 unspecified atom stereocenters. The maximum Gasteiger partial charge on any atom is 0.251 e. The topological polar surface area (TPSA) is 29.1 Å². The summed E-state index contributed by atoms with van der Waals surface area (Å²) < 4.78 is 0.809. The number of rotatable bonds is 4. The van der Waals surface area contributed by atoms with E-state index < -0.39 is 0 Å². The Morgan fingerprint density at radius 3 is 2.59 bits per heavy atom. The van der Waals surface area contributed by atoms with Crippen molar-refractivity contribution in [2.45, 2.75) is 39.2 Å². The van der Waals surface area contributed by atoms with E-state index in [0.29, 0.717) is 10.6 Å². The molecule has 0 spiro atoms. The van der Waals surface area contributed by atoms with Gasteiger partial charge < -0.3 is 5.32 Å². The number of benzene rings is 1. The van der Waals surface area contributed by atoms with Crippen LogP contribution in [0.3, 0.4) is 0 Å². The van der Waals surface area contributed by atoms with Crippen molar-refractivity contribution in [2.24, 2.45) is 0 Å². The molecular formula is C13H17BrClNO. The van der Waals surface area contributed by atoms with Crippen LogP contribution in [-0.4, -0.2) is 11.4 Å². The summed E-state index contributed by atoms with van der Waals surface area (Å²) in [6, 6.07) is 5.20. The quantitative estimate of drug-likeness (QED) is 0.875. The minimum atomic E-state index is -0.194. The lowest BCUT2D eigenvalue weighted by molar-refractivity contribution is 0.0909. The first-order chi connectivity index (χ1) is 7.84. The van der Waals surface area contributed by atoms with Gasteiger partial charge in [-0.15, -0.1) is 0 Å². The number of nitrogens with one attached hydrogen (secondary N) is 1. The maximum absolute atomic E-state index is 12.0. The van der Waals surface area contributed by atoms with Crippen molar-refractivity contribution >= 4 is 33.4 Å². The van der Waals surface area contributed by atoms with Crippen molar-refractivity contribution in [3.63, 3.8) is 0 Å². The van der Waals surface area contributed by atoms with Crippen LogP contribution in [0.5, 0.6) is 0 Å². The highest BCUT2D eigenvalue weighted by molar-refractivity contribution is 9.10. The Hall–Kier alpha value is -0.540. The van der Waals surface area contributed by atoms with Crippen LogP contribution < -0.4 is 5.32 Å². The molecule has 0 aliphatic carbocycles. The van der Waals surface area contributed by atoms with Crippen LogP contribution in [-0.2, 0) is 0 Å². The van der Waals surface area contributed by atoms with Gasteiger partial charge in [-0.1, -0.05) is 40.9 Å². The molecule has 0 aromatic heterocycles. The van der Waals surface area contributed by atoms with Crippen LogP contribution in [0.15, 0.2) is 22.7 Å². The molecule has 2 nitrogen and oxygen atoms in total. The molecule has 0 radical (unpaired) electrons. The Morgan fingerprint density at radius 2 is 2.06 bits per heavy atom. The van der Waals surface area contributed by atoms with Crippen molar-refractivity contribution in [2.75, 3.05) is 0 Å². The molecule has 0 fully saturated rings. The maximum atomic E-state index is 12.0. The first-order valence-corrected chi connectivity index (χ1v) is 6.80. The molecular weight excluding hydrogens is 302 g/mol. The molecule has 0 aliphatic heterocycles. The second kappa shape index (κ2) is 5.87. The van der Waals surface area contributed by atoms with Gasteiger partial charge in [0.25, 0.3) is 5.91 Å². The molecule has 4 heteroatoms. The van der Waals surface area contributed by atoms with Gasteiger partial charge in [0.2, 0.25) is 0 Å². The molecule has 1 N–H and O–H groups in total. The van der Waals surface area contributed by atoms with Gasteiger partial charge in [0.15, 0.2) is 0 Å². The zero-order valence-electron chi connectivity index (χ0n) is 10.3. The first-order valence-electron chi connectivity index (χ1n) is 5.62. The molecule has 1 aromatic rings. The fourth-order valence-electron chi connectivity index (χ4n) is 1.75. The zero-order chi connectivity index (χ0) is 13.1. The van der Waals surface area contributed by atoms with Gasteiger partial charge in [-0.2, -0.15) is 0 Å². The average molecular weight is 319 g/mol. The summed E-state index contributed by atoms with van der Waals surface area (Å²) in [7, 11) is 0. The predicted molar refractivity (Wildman–Crippen MR) is 75.6 cm³/mol. The Balaban J connectivity index is 2.83. The van der Waals surface area contributed by atoms with Gasteiger partial charge in [-0.3, -0.25) is 4.79 Å². The average Bonchev–Trinajstić information content (AvgIpc) is 2.14. The van der Waals surface area contributed by atoms with E-state index in [9.17, 15) is 4.79 Å². The van der Waals surface area contributed by atoms with Crippen LogP contribution >= 0.6 is 27.5 Å². The van der Waals surface area contributed by atoms with Crippen LogP contribution in [0.25, 0.3) is 0 Å². The summed E-state index contributed by atoms with van der Waals surface area (Å²) in [6.07, 6.45) is 1.98.